The van der Waals surface area contributed by atoms with E-state index >= 15 is 0 Å². The average Bonchev–Trinajstić information content (AvgIpc) is 2.86. The third kappa shape index (κ3) is 2.72. The summed E-state index contributed by atoms with van der Waals surface area (Å²) in [5.41, 5.74) is 6.05. The molecule has 2 rings (SSSR count). The van der Waals surface area contributed by atoms with Gasteiger partial charge in [0.15, 0.2) is 5.75 Å². The van der Waals surface area contributed by atoms with Crippen molar-refractivity contribution >= 4 is 15.9 Å². The molecular formula is C14H19BrN4O. The van der Waals surface area contributed by atoms with Crippen LogP contribution in [0.15, 0.2) is 28.9 Å². The van der Waals surface area contributed by atoms with E-state index in [-0.39, 0.29) is 6.04 Å². The van der Waals surface area contributed by atoms with Crippen molar-refractivity contribution in [1.82, 2.24) is 15.2 Å². The smallest absolute Gasteiger partial charge is 0.161 e. The van der Waals surface area contributed by atoms with Crippen LogP contribution in [0.25, 0.3) is 0 Å². The average molecular weight is 339 g/mol. The van der Waals surface area contributed by atoms with Crippen LogP contribution in [0.2, 0.25) is 0 Å². The number of nitrogens with one attached hydrogen (secondary N) is 1. The van der Waals surface area contributed by atoms with Gasteiger partial charge in [-0.15, -0.1) is 0 Å². The normalized spacial score (nSPS) is 12.4. The second-order valence-corrected chi connectivity index (χ2v) is 5.43. The quantitative estimate of drug-likeness (QED) is 0.649. The zero-order valence-electron chi connectivity index (χ0n) is 11.9. The summed E-state index contributed by atoms with van der Waals surface area (Å²) in [6, 6.07) is 5.96. The lowest BCUT2D eigenvalue weighted by molar-refractivity contribution is 0.399. The summed E-state index contributed by atoms with van der Waals surface area (Å²) in [5, 5.41) is 4.34. The predicted octanol–water partition coefficient (Wildman–Crippen LogP) is 2.54. The Kier molecular flexibility index (Phi) is 4.80. The molecule has 3 N–H and O–H groups in total. The summed E-state index contributed by atoms with van der Waals surface area (Å²) in [7, 11) is 1.64. The fraction of sp³-hybridized carbons (Fsp3) is 0.357. The number of hydrogen-bond donors (Lipinski definition) is 2. The summed E-state index contributed by atoms with van der Waals surface area (Å²) in [5.74, 6) is 6.53. The summed E-state index contributed by atoms with van der Waals surface area (Å²) in [6.07, 6.45) is 1.72. The fourth-order valence-corrected chi connectivity index (χ4v) is 2.70. The molecule has 6 heteroatoms. The van der Waals surface area contributed by atoms with Gasteiger partial charge in [0.1, 0.15) is 5.69 Å². The Balaban J connectivity index is 2.57. The maximum absolute atomic E-state index is 5.80. The largest absolute Gasteiger partial charge is 0.493 e. The number of hydrazine groups is 1. The molecule has 0 fully saturated rings. The first-order valence-electron chi connectivity index (χ1n) is 6.44. The molecule has 5 nitrogen and oxygen atoms in total. The topological polar surface area (TPSA) is 65.1 Å². The molecular weight excluding hydrogens is 320 g/mol. The van der Waals surface area contributed by atoms with Gasteiger partial charge >= 0.3 is 0 Å². The van der Waals surface area contributed by atoms with Gasteiger partial charge in [-0.2, -0.15) is 5.10 Å². The maximum atomic E-state index is 5.80. The van der Waals surface area contributed by atoms with E-state index in [1.54, 1.807) is 13.3 Å². The van der Waals surface area contributed by atoms with E-state index in [9.17, 15) is 0 Å². The second kappa shape index (κ2) is 6.39. The number of aromatic nitrogens is 2. The molecule has 2 aromatic rings. The summed E-state index contributed by atoms with van der Waals surface area (Å²) in [4.78, 5) is 0. The molecule has 1 aromatic carbocycles. The van der Waals surface area contributed by atoms with Crippen molar-refractivity contribution in [3.8, 4) is 5.75 Å². The SMILES string of the molecule is CCn1ncc(OC)c1C(NN)c1cc(Br)ccc1C. The molecule has 0 amide bonds. The van der Waals surface area contributed by atoms with Gasteiger partial charge in [0.25, 0.3) is 0 Å². The van der Waals surface area contributed by atoms with Gasteiger partial charge in [-0.1, -0.05) is 22.0 Å². The number of nitrogens with zero attached hydrogens (tertiary/aromatic N) is 2. The van der Waals surface area contributed by atoms with Gasteiger partial charge in [0.05, 0.1) is 19.3 Å². The van der Waals surface area contributed by atoms with E-state index in [2.05, 4.69) is 45.5 Å². The van der Waals surface area contributed by atoms with Crippen molar-refractivity contribution in [2.45, 2.75) is 26.4 Å². The molecule has 0 spiro atoms. The number of rotatable bonds is 5. The Labute approximate surface area is 127 Å². The predicted molar refractivity (Wildman–Crippen MR) is 82.5 cm³/mol. The van der Waals surface area contributed by atoms with Crippen molar-refractivity contribution in [2.24, 2.45) is 5.84 Å². The van der Waals surface area contributed by atoms with Gasteiger partial charge in [0, 0.05) is 11.0 Å². The highest BCUT2D eigenvalue weighted by molar-refractivity contribution is 9.10. The number of halogens is 1. The Morgan fingerprint density at radius 1 is 1.50 bits per heavy atom. The highest BCUT2D eigenvalue weighted by Gasteiger charge is 2.23. The van der Waals surface area contributed by atoms with Crippen molar-refractivity contribution in [3.63, 3.8) is 0 Å². The number of aryl methyl sites for hydroxylation is 2. The Morgan fingerprint density at radius 3 is 2.85 bits per heavy atom. The van der Waals surface area contributed by atoms with Gasteiger partial charge in [-0.3, -0.25) is 10.5 Å². The number of nitrogens with two attached hydrogens (primary N) is 1. The second-order valence-electron chi connectivity index (χ2n) is 4.51. The van der Waals surface area contributed by atoms with Gasteiger partial charge in [-0.25, -0.2) is 5.43 Å². The number of methoxy groups -OCH3 is 1. The minimum Gasteiger partial charge on any atom is -0.493 e. The molecule has 1 heterocycles. The first-order chi connectivity index (χ1) is 9.62. The molecule has 0 aliphatic heterocycles. The highest BCUT2D eigenvalue weighted by Crippen LogP contribution is 2.32. The lowest BCUT2D eigenvalue weighted by atomic mass is 9.99. The van der Waals surface area contributed by atoms with Crippen molar-refractivity contribution in [1.29, 1.82) is 0 Å². The Morgan fingerprint density at radius 2 is 2.25 bits per heavy atom. The molecule has 1 aromatic heterocycles. The van der Waals surface area contributed by atoms with Crippen LogP contribution in [0.3, 0.4) is 0 Å². The number of hydrogen-bond acceptors (Lipinski definition) is 4. The Bertz CT molecular complexity index is 575. The Hall–Kier alpha value is -1.37. The van der Waals surface area contributed by atoms with E-state index in [4.69, 9.17) is 10.6 Å². The lowest BCUT2D eigenvalue weighted by Gasteiger charge is -2.21. The number of ether oxygens (including phenoxy) is 1. The lowest BCUT2D eigenvalue weighted by Crippen LogP contribution is -2.31. The van der Waals surface area contributed by atoms with Crippen LogP contribution >= 0.6 is 15.9 Å². The van der Waals surface area contributed by atoms with Crippen LogP contribution in [0.1, 0.15) is 29.8 Å². The molecule has 20 heavy (non-hydrogen) atoms. The van der Waals surface area contributed by atoms with Crippen LogP contribution in [-0.2, 0) is 6.54 Å². The monoisotopic (exact) mass is 338 g/mol. The minimum absolute atomic E-state index is 0.176. The van der Waals surface area contributed by atoms with E-state index < -0.39 is 0 Å². The summed E-state index contributed by atoms with van der Waals surface area (Å²) < 4.78 is 8.32. The number of benzene rings is 1. The minimum atomic E-state index is -0.176. The van der Waals surface area contributed by atoms with Crippen LogP contribution in [0, 0.1) is 6.92 Å². The van der Waals surface area contributed by atoms with E-state index in [1.807, 2.05) is 17.7 Å². The third-order valence-corrected chi connectivity index (χ3v) is 3.85. The zero-order chi connectivity index (χ0) is 14.7. The van der Waals surface area contributed by atoms with Crippen molar-refractivity contribution < 1.29 is 4.74 Å². The molecule has 1 unspecified atom stereocenters. The van der Waals surface area contributed by atoms with Crippen LogP contribution in [0.4, 0.5) is 0 Å². The molecule has 1 atom stereocenters. The standard InChI is InChI=1S/C14H19BrN4O/c1-4-19-14(12(20-3)8-17-19)13(18-16)11-7-10(15)6-5-9(11)2/h5-8,13,18H,4,16H2,1-3H3. The molecule has 0 saturated carbocycles. The fourth-order valence-electron chi connectivity index (χ4n) is 2.32. The van der Waals surface area contributed by atoms with E-state index in [0.717, 1.165) is 33.6 Å². The molecule has 0 aliphatic rings. The highest BCUT2D eigenvalue weighted by atomic mass is 79.9. The summed E-state index contributed by atoms with van der Waals surface area (Å²) in [6.45, 7) is 4.85. The first kappa shape index (κ1) is 15.0. The van der Waals surface area contributed by atoms with Crippen molar-refractivity contribution in [2.75, 3.05) is 7.11 Å². The van der Waals surface area contributed by atoms with Crippen LogP contribution in [-0.4, -0.2) is 16.9 Å². The third-order valence-electron chi connectivity index (χ3n) is 3.36. The van der Waals surface area contributed by atoms with E-state index in [1.165, 1.54) is 0 Å². The van der Waals surface area contributed by atoms with Crippen LogP contribution < -0.4 is 16.0 Å². The van der Waals surface area contributed by atoms with Crippen molar-refractivity contribution in [3.05, 3.63) is 45.7 Å². The van der Waals surface area contributed by atoms with Gasteiger partial charge in [-0.05, 0) is 37.1 Å². The molecule has 0 bridgehead atoms. The maximum Gasteiger partial charge on any atom is 0.161 e. The first-order valence-corrected chi connectivity index (χ1v) is 7.23. The summed E-state index contributed by atoms with van der Waals surface area (Å²) >= 11 is 3.51. The van der Waals surface area contributed by atoms with E-state index in [0.29, 0.717) is 0 Å². The van der Waals surface area contributed by atoms with Gasteiger partial charge in [0.2, 0.25) is 0 Å². The van der Waals surface area contributed by atoms with Crippen LogP contribution in [0.5, 0.6) is 5.75 Å². The molecule has 108 valence electrons. The molecule has 0 radical (unpaired) electrons. The molecule has 0 aliphatic carbocycles. The van der Waals surface area contributed by atoms with Gasteiger partial charge < -0.3 is 4.74 Å². The molecule has 0 saturated heterocycles. The zero-order valence-corrected chi connectivity index (χ0v) is 13.4.